The van der Waals surface area contributed by atoms with Crippen LogP contribution in [0.4, 0.5) is 9.59 Å². The van der Waals surface area contributed by atoms with Crippen LogP contribution in [0.25, 0.3) is 0 Å². The van der Waals surface area contributed by atoms with E-state index in [0.717, 1.165) is 61.2 Å². The standard InChI is InChI=1S/C20H38N2O4/c1-5-9-11-17(7-3)15-21(19(23)24)13-14-22(20(25)26)16-18(8-4)12-10-6-2/h13-14,17-18H,5-12,15-16H2,1-4H3,(H,23,24)(H,25,26)/p-2/b14-13+. The van der Waals surface area contributed by atoms with Gasteiger partial charge in [0.2, 0.25) is 0 Å². The van der Waals surface area contributed by atoms with Crippen LogP contribution in [-0.2, 0) is 0 Å². The highest BCUT2D eigenvalue weighted by Crippen LogP contribution is 2.16. The predicted octanol–water partition coefficient (Wildman–Crippen LogP) is 3.18. The molecule has 0 fully saturated rings. The third-order valence-corrected chi connectivity index (χ3v) is 4.89. The van der Waals surface area contributed by atoms with Crippen LogP contribution < -0.4 is 10.2 Å². The molecule has 0 radical (unpaired) electrons. The Kier molecular flexibility index (Phi) is 13.5. The average Bonchev–Trinajstić information content (AvgIpc) is 2.62. The third-order valence-electron chi connectivity index (χ3n) is 4.89. The van der Waals surface area contributed by atoms with Gasteiger partial charge in [-0.2, -0.15) is 0 Å². The monoisotopic (exact) mass is 368 g/mol. The first kappa shape index (κ1) is 24.3. The van der Waals surface area contributed by atoms with Crippen molar-refractivity contribution in [2.45, 2.75) is 79.1 Å². The quantitative estimate of drug-likeness (QED) is 0.471. The maximum atomic E-state index is 11.4. The fourth-order valence-corrected chi connectivity index (χ4v) is 2.94. The maximum Gasteiger partial charge on any atom is 0.141 e. The summed E-state index contributed by atoms with van der Waals surface area (Å²) in [6.07, 6.45) is 7.83. The van der Waals surface area contributed by atoms with Crippen molar-refractivity contribution in [3.8, 4) is 0 Å². The minimum atomic E-state index is -1.31. The van der Waals surface area contributed by atoms with Crippen molar-refractivity contribution in [1.29, 1.82) is 0 Å². The lowest BCUT2D eigenvalue weighted by molar-refractivity contribution is -0.265. The van der Waals surface area contributed by atoms with Crippen LogP contribution in [-0.4, -0.2) is 35.1 Å². The molecule has 2 unspecified atom stereocenters. The van der Waals surface area contributed by atoms with Crippen LogP contribution in [0.5, 0.6) is 0 Å². The van der Waals surface area contributed by atoms with E-state index < -0.39 is 12.2 Å². The SMILES string of the molecule is CCCCC(CC)CN(/C=C/N(CC(CC)CCCC)C(=O)[O-])C(=O)[O-]. The minimum Gasteiger partial charge on any atom is -0.530 e. The van der Waals surface area contributed by atoms with Crippen molar-refractivity contribution >= 4 is 12.2 Å². The zero-order valence-electron chi connectivity index (χ0n) is 16.9. The van der Waals surface area contributed by atoms with Crippen molar-refractivity contribution in [1.82, 2.24) is 9.80 Å². The molecule has 0 saturated carbocycles. The summed E-state index contributed by atoms with van der Waals surface area (Å²) in [5.41, 5.74) is 0. The molecule has 0 heterocycles. The van der Waals surface area contributed by atoms with Crippen LogP contribution in [0.2, 0.25) is 0 Å². The molecule has 0 aromatic heterocycles. The third kappa shape index (κ3) is 10.3. The fourth-order valence-electron chi connectivity index (χ4n) is 2.94. The first-order chi connectivity index (χ1) is 12.4. The highest BCUT2D eigenvalue weighted by Gasteiger charge is 2.13. The lowest BCUT2D eigenvalue weighted by atomic mass is 9.99. The number of amides is 2. The Hall–Kier alpha value is -1.72. The zero-order chi connectivity index (χ0) is 19.9. The molecule has 0 N–H and O–H groups in total. The largest absolute Gasteiger partial charge is 0.530 e. The average molecular weight is 369 g/mol. The first-order valence-electron chi connectivity index (χ1n) is 10.0. The second kappa shape index (κ2) is 14.4. The summed E-state index contributed by atoms with van der Waals surface area (Å²) in [7, 11) is 0. The number of nitrogens with zero attached hydrogens (tertiary/aromatic N) is 2. The van der Waals surface area contributed by atoms with Crippen LogP contribution in [0, 0.1) is 11.8 Å². The number of hydrogen-bond donors (Lipinski definition) is 0. The Balaban J connectivity index is 4.97. The number of carboxylic acid groups (broad SMARTS) is 2. The maximum absolute atomic E-state index is 11.4. The van der Waals surface area contributed by atoms with E-state index in [2.05, 4.69) is 13.8 Å². The van der Waals surface area contributed by atoms with Crippen molar-refractivity contribution in [2.75, 3.05) is 13.1 Å². The molecule has 0 aliphatic carbocycles. The normalized spacial score (nSPS) is 13.5. The Labute approximate surface area is 158 Å². The van der Waals surface area contributed by atoms with E-state index in [9.17, 15) is 19.8 Å². The molecule has 0 saturated heterocycles. The summed E-state index contributed by atoms with van der Waals surface area (Å²) < 4.78 is 0. The lowest BCUT2D eigenvalue weighted by Crippen LogP contribution is -2.43. The first-order valence-corrected chi connectivity index (χ1v) is 10.0. The van der Waals surface area contributed by atoms with Gasteiger partial charge in [-0.15, -0.1) is 0 Å². The Morgan fingerprint density at radius 2 is 1.12 bits per heavy atom. The molecule has 6 heteroatoms. The van der Waals surface area contributed by atoms with Crippen LogP contribution >= 0.6 is 0 Å². The van der Waals surface area contributed by atoms with Gasteiger partial charge in [-0.25, -0.2) is 0 Å². The molecule has 6 nitrogen and oxygen atoms in total. The van der Waals surface area contributed by atoms with Gasteiger partial charge in [0.05, 0.1) is 0 Å². The lowest BCUT2D eigenvalue weighted by Gasteiger charge is -2.29. The van der Waals surface area contributed by atoms with Gasteiger partial charge in [0.15, 0.2) is 0 Å². The summed E-state index contributed by atoms with van der Waals surface area (Å²) in [6.45, 7) is 8.91. The second-order valence-corrected chi connectivity index (χ2v) is 6.97. The van der Waals surface area contributed by atoms with Gasteiger partial charge in [-0.1, -0.05) is 66.2 Å². The molecule has 0 aromatic rings. The summed E-state index contributed by atoms with van der Waals surface area (Å²) in [6, 6.07) is 0. The molecule has 0 spiro atoms. The van der Waals surface area contributed by atoms with Crippen LogP contribution in [0.3, 0.4) is 0 Å². The molecule has 2 atom stereocenters. The van der Waals surface area contributed by atoms with Gasteiger partial charge in [0.1, 0.15) is 12.2 Å². The van der Waals surface area contributed by atoms with Crippen LogP contribution in [0.1, 0.15) is 79.1 Å². The van der Waals surface area contributed by atoms with E-state index in [1.165, 1.54) is 12.4 Å². The highest BCUT2D eigenvalue weighted by atomic mass is 16.4. The van der Waals surface area contributed by atoms with Crippen molar-refractivity contribution in [3.05, 3.63) is 12.4 Å². The zero-order valence-corrected chi connectivity index (χ0v) is 16.9. The van der Waals surface area contributed by atoms with Crippen molar-refractivity contribution in [3.63, 3.8) is 0 Å². The summed E-state index contributed by atoms with van der Waals surface area (Å²) in [5, 5.41) is 22.8. The van der Waals surface area contributed by atoms with E-state index in [4.69, 9.17) is 0 Å². The number of rotatable bonds is 14. The van der Waals surface area contributed by atoms with Gasteiger partial charge in [0, 0.05) is 25.5 Å². The van der Waals surface area contributed by atoms with Crippen molar-refractivity contribution < 1.29 is 19.8 Å². The van der Waals surface area contributed by atoms with Gasteiger partial charge in [-0.3, -0.25) is 0 Å². The number of unbranched alkanes of at least 4 members (excludes halogenated alkanes) is 2. The molecule has 0 bridgehead atoms. The summed E-state index contributed by atoms with van der Waals surface area (Å²) >= 11 is 0. The highest BCUT2D eigenvalue weighted by molar-refractivity contribution is 5.65. The van der Waals surface area contributed by atoms with E-state index in [0.29, 0.717) is 13.1 Å². The van der Waals surface area contributed by atoms with E-state index in [-0.39, 0.29) is 11.8 Å². The second-order valence-electron chi connectivity index (χ2n) is 6.97. The van der Waals surface area contributed by atoms with Gasteiger partial charge in [0.25, 0.3) is 0 Å². The molecule has 0 aliphatic rings. The molecule has 2 amide bonds. The van der Waals surface area contributed by atoms with Gasteiger partial charge in [-0.05, 0) is 24.7 Å². The van der Waals surface area contributed by atoms with Gasteiger partial charge < -0.3 is 29.6 Å². The number of carbonyl (C=O) groups is 2. The predicted molar refractivity (Wildman–Crippen MR) is 100.0 cm³/mol. The Morgan fingerprint density at radius 3 is 1.35 bits per heavy atom. The van der Waals surface area contributed by atoms with E-state index >= 15 is 0 Å². The number of hydrogen-bond acceptors (Lipinski definition) is 4. The smallest absolute Gasteiger partial charge is 0.141 e. The molecule has 0 rings (SSSR count). The molecular weight excluding hydrogens is 332 g/mol. The van der Waals surface area contributed by atoms with Crippen LogP contribution in [0.15, 0.2) is 12.4 Å². The Bertz CT molecular complexity index is 388. The summed E-state index contributed by atoms with van der Waals surface area (Å²) in [5.74, 6) is 0.476. The fraction of sp³-hybridized carbons (Fsp3) is 0.800. The molecule has 152 valence electrons. The number of carbonyl (C=O) groups excluding carboxylic acids is 2. The minimum absolute atomic E-state index is 0.238. The summed E-state index contributed by atoms with van der Waals surface area (Å²) in [4.78, 5) is 25.0. The topological polar surface area (TPSA) is 86.7 Å². The molecule has 26 heavy (non-hydrogen) atoms. The molecule has 0 aliphatic heterocycles. The molecular formula is C20H36N2O4-2. The van der Waals surface area contributed by atoms with Gasteiger partial charge >= 0.3 is 0 Å². The Morgan fingerprint density at radius 1 is 0.769 bits per heavy atom. The van der Waals surface area contributed by atoms with E-state index in [1.54, 1.807) is 0 Å². The molecule has 0 aromatic carbocycles. The van der Waals surface area contributed by atoms with Crippen molar-refractivity contribution in [2.24, 2.45) is 11.8 Å². The van der Waals surface area contributed by atoms with E-state index in [1.807, 2.05) is 13.8 Å².